The maximum atomic E-state index is 14.3. The molecule has 0 N–H and O–H groups in total. The van der Waals surface area contributed by atoms with Crippen LogP contribution in [0.1, 0.15) is 0 Å². The molecule has 0 bridgehead atoms. The first-order valence-electron chi connectivity index (χ1n) is 13.5. The van der Waals surface area contributed by atoms with Gasteiger partial charge in [0.15, 0.2) is 0 Å². The summed E-state index contributed by atoms with van der Waals surface area (Å²) >= 11 is 6.66. The van der Waals surface area contributed by atoms with Gasteiger partial charge in [0.25, 0.3) is 11.8 Å². The molecule has 60 heavy (non-hydrogen) atoms. The molecule has 0 aliphatic carbocycles. The lowest BCUT2D eigenvalue weighted by atomic mass is 9.88. The van der Waals surface area contributed by atoms with Crippen molar-refractivity contribution in [3.8, 4) is 0 Å². The van der Waals surface area contributed by atoms with Gasteiger partial charge in [-0.15, -0.1) is 0 Å². The monoisotopic (exact) mass is 1010 g/mol. The van der Waals surface area contributed by atoms with Crippen molar-refractivity contribution in [1.82, 2.24) is 9.80 Å². The molecule has 0 radical (unpaired) electrons. The highest BCUT2D eigenvalue weighted by Crippen LogP contribution is 2.66. The summed E-state index contributed by atoms with van der Waals surface area (Å²) in [7, 11) is 0. The third kappa shape index (κ3) is 6.93. The first kappa shape index (κ1) is 55.3. The number of halogens is 34. The number of carbonyl (C=O) groups excluding carboxylic acids is 2. The molecule has 4 nitrogen and oxygen atoms in total. The fourth-order valence-electron chi connectivity index (χ4n) is 4.11. The predicted molar refractivity (Wildman–Crippen MR) is 124 cm³/mol. The molecule has 0 unspecified atom stereocenters. The predicted octanol–water partition coefficient (Wildman–Crippen LogP) is 10.2. The Morgan fingerprint density at radius 3 is 0.550 bits per heavy atom. The van der Waals surface area contributed by atoms with E-state index in [0.717, 1.165) is 0 Å². The minimum absolute atomic E-state index is 1.34. The Morgan fingerprint density at radius 2 is 0.400 bits per heavy atom. The number of hydrogen-bond donors (Lipinski definition) is 0. The van der Waals surface area contributed by atoms with Gasteiger partial charge in [0.05, 0.1) is 0 Å². The second kappa shape index (κ2) is 14.4. The molecule has 1 heterocycles. The molecule has 0 aromatic rings. The van der Waals surface area contributed by atoms with Crippen molar-refractivity contribution in [2.24, 2.45) is 0 Å². The van der Waals surface area contributed by atoms with Crippen molar-refractivity contribution in [1.29, 1.82) is 0 Å². The maximum absolute atomic E-state index is 14.3. The minimum Gasteiger partial charge on any atom is -0.334 e. The van der Waals surface area contributed by atoms with E-state index in [-0.39, 0.29) is 0 Å². The molecule has 0 aromatic carbocycles. The van der Waals surface area contributed by atoms with Crippen LogP contribution in [0.4, 0.5) is 140 Å². The number of alkyl halides is 34. The lowest BCUT2D eigenvalue weighted by Crippen LogP contribution is -2.76. The molecular formula is C22H8Cl2F32N2O2. The SMILES string of the molecule is O=C(N1CCN(C(=O)C(F)(F)C(F)(F)C(F)(F)C(F)(F)C(F)(F)C(F)(F)C(F)(F)C(F)(F)Cl)CC1)C(F)(F)C(F)(F)C(F)(F)C(F)(F)C(F)(F)C(F)(F)C(F)(F)C(F)(F)Cl. The van der Waals surface area contributed by atoms with Crippen molar-refractivity contribution in [3.05, 3.63) is 0 Å². The van der Waals surface area contributed by atoms with Gasteiger partial charge >= 0.3 is 93.7 Å². The number of amides is 2. The van der Waals surface area contributed by atoms with Crippen LogP contribution >= 0.6 is 23.2 Å². The second-order valence-electron chi connectivity index (χ2n) is 11.6. The van der Waals surface area contributed by atoms with Crippen LogP contribution in [0.2, 0.25) is 0 Å². The number of rotatable bonds is 16. The quantitative estimate of drug-likeness (QED) is 0.114. The zero-order chi connectivity index (χ0) is 49.1. The Hall–Kier alpha value is -2.72. The van der Waals surface area contributed by atoms with Crippen LogP contribution in [-0.4, -0.2) is 141 Å². The van der Waals surface area contributed by atoms with Gasteiger partial charge in [0, 0.05) is 26.2 Å². The lowest BCUT2D eigenvalue weighted by molar-refractivity contribution is -0.446. The van der Waals surface area contributed by atoms with E-state index in [2.05, 4.69) is 23.2 Å². The van der Waals surface area contributed by atoms with Gasteiger partial charge in [0.1, 0.15) is 0 Å². The Bertz CT molecular complexity index is 1510. The van der Waals surface area contributed by atoms with Gasteiger partial charge in [-0.3, -0.25) is 9.59 Å². The average molecular weight is 1010 g/mol. The fourth-order valence-corrected chi connectivity index (χ4v) is 4.34. The van der Waals surface area contributed by atoms with Gasteiger partial charge in [-0.05, 0) is 23.2 Å². The molecule has 38 heteroatoms. The Labute approximate surface area is 315 Å². The normalized spacial score (nSPS) is 18.0. The molecule has 1 rings (SSSR count). The maximum Gasteiger partial charge on any atom is 0.393 e. The smallest absolute Gasteiger partial charge is 0.334 e. The fraction of sp³-hybridized carbons (Fsp3) is 0.909. The highest BCUT2D eigenvalue weighted by atomic mass is 35.5. The van der Waals surface area contributed by atoms with Gasteiger partial charge in [-0.1, -0.05) is 0 Å². The zero-order valence-corrected chi connectivity index (χ0v) is 27.9. The molecule has 0 spiro atoms. The summed E-state index contributed by atoms with van der Waals surface area (Å²) in [5, 5.41) is -14.3. The summed E-state index contributed by atoms with van der Waals surface area (Å²) in [5.74, 6) is -130. The van der Waals surface area contributed by atoms with Gasteiger partial charge in [-0.2, -0.15) is 140 Å². The largest absolute Gasteiger partial charge is 0.393 e. The highest BCUT2D eigenvalue weighted by molar-refractivity contribution is 6.22. The minimum atomic E-state index is -9.11. The Balaban J connectivity index is 3.54. The van der Waals surface area contributed by atoms with Crippen LogP contribution in [-0.2, 0) is 9.59 Å². The van der Waals surface area contributed by atoms with E-state index in [1.165, 1.54) is 0 Å². The van der Waals surface area contributed by atoms with Crippen molar-refractivity contribution in [2.75, 3.05) is 26.2 Å². The summed E-state index contributed by atoms with van der Waals surface area (Å²) in [4.78, 5) is 21.1. The number of hydrogen-bond acceptors (Lipinski definition) is 2. The highest BCUT2D eigenvalue weighted by Gasteiger charge is 2.97. The molecule has 1 saturated heterocycles. The lowest BCUT2D eigenvalue weighted by Gasteiger charge is -2.44. The molecule has 2 amide bonds. The Morgan fingerprint density at radius 1 is 0.267 bits per heavy atom. The third-order valence-corrected chi connectivity index (χ3v) is 8.31. The molecule has 0 aromatic heterocycles. The summed E-state index contributed by atoms with van der Waals surface area (Å²) in [6.45, 7) is -9.82. The molecular weight excluding hydrogens is 1000 g/mol. The summed E-state index contributed by atoms with van der Waals surface area (Å²) in [6, 6.07) is 0. The van der Waals surface area contributed by atoms with Crippen molar-refractivity contribution >= 4 is 35.0 Å². The van der Waals surface area contributed by atoms with Crippen LogP contribution in [0.25, 0.3) is 0 Å². The van der Waals surface area contributed by atoms with Crippen LogP contribution in [0, 0.1) is 0 Å². The van der Waals surface area contributed by atoms with E-state index < -0.39 is 141 Å². The van der Waals surface area contributed by atoms with Crippen molar-refractivity contribution in [2.45, 2.75) is 93.7 Å². The average Bonchev–Trinajstić information content (AvgIpc) is 3.05. The van der Waals surface area contributed by atoms with Crippen LogP contribution in [0.3, 0.4) is 0 Å². The first-order valence-corrected chi connectivity index (χ1v) is 14.3. The van der Waals surface area contributed by atoms with E-state index in [0.29, 0.717) is 0 Å². The van der Waals surface area contributed by atoms with Gasteiger partial charge < -0.3 is 9.80 Å². The van der Waals surface area contributed by atoms with Crippen LogP contribution in [0.5, 0.6) is 0 Å². The summed E-state index contributed by atoms with van der Waals surface area (Å²) in [6.07, 6.45) is 0. The van der Waals surface area contributed by atoms with E-state index in [4.69, 9.17) is 0 Å². The third-order valence-electron chi connectivity index (χ3n) is 7.84. The summed E-state index contributed by atoms with van der Waals surface area (Å²) in [5.41, 5.74) is 0. The van der Waals surface area contributed by atoms with E-state index in [1.807, 2.05) is 0 Å². The number of carbonyl (C=O) groups is 2. The van der Waals surface area contributed by atoms with E-state index in [1.54, 1.807) is 0 Å². The molecule has 356 valence electrons. The topological polar surface area (TPSA) is 40.6 Å². The molecule has 1 aliphatic heterocycles. The molecule has 1 fully saturated rings. The summed E-state index contributed by atoms with van der Waals surface area (Å²) < 4.78 is 437. The van der Waals surface area contributed by atoms with Crippen LogP contribution < -0.4 is 0 Å². The van der Waals surface area contributed by atoms with Gasteiger partial charge in [-0.25, -0.2) is 0 Å². The zero-order valence-electron chi connectivity index (χ0n) is 26.4. The standard InChI is InChI=1S/C22H8Cl2F32N2O2/c23-21(53,54)19(49,50)17(45,46)15(41,42)13(37,38)11(33,34)9(29,30)7(25,26)5(59)57-1-2-58(4-3-57)6(60)8(27,28)10(31,32)12(35,36)14(39,40)16(43,44)18(47,48)20(51,52)22(24,55)56/h1-4H2. The van der Waals surface area contributed by atoms with Crippen molar-refractivity contribution in [3.63, 3.8) is 0 Å². The number of nitrogens with zero attached hydrogens (tertiary/aromatic N) is 2. The van der Waals surface area contributed by atoms with Crippen LogP contribution in [0.15, 0.2) is 0 Å². The van der Waals surface area contributed by atoms with E-state index in [9.17, 15) is 150 Å². The van der Waals surface area contributed by atoms with E-state index >= 15 is 0 Å². The second-order valence-corrected chi connectivity index (χ2v) is 12.6. The molecule has 0 atom stereocenters. The van der Waals surface area contributed by atoms with Crippen molar-refractivity contribution < 1.29 is 150 Å². The molecule has 1 aliphatic rings. The first-order chi connectivity index (χ1) is 25.5. The van der Waals surface area contributed by atoms with Gasteiger partial charge in [0.2, 0.25) is 0 Å². The molecule has 0 saturated carbocycles. The Kier molecular flexibility index (Phi) is 13.3. The number of piperazine rings is 1.